The van der Waals surface area contributed by atoms with E-state index in [1.165, 1.54) is 24.1 Å². The summed E-state index contributed by atoms with van der Waals surface area (Å²) in [5, 5.41) is 0.0829. The van der Waals surface area contributed by atoms with Crippen molar-refractivity contribution in [1.82, 2.24) is 9.03 Å². The Labute approximate surface area is 215 Å². The van der Waals surface area contributed by atoms with Crippen molar-refractivity contribution in [2.24, 2.45) is 5.92 Å². The molecule has 2 aromatic carbocycles. The number of hydrogen-bond donors (Lipinski definition) is 1. The molecule has 11 heteroatoms. The summed E-state index contributed by atoms with van der Waals surface area (Å²) in [5.74, 6) is -0.00114. The average molecular weight is 549 g/mol. The van der Waals surface area contributed by atoms with Crippen LogP contribution in [0.4, 0.5) is 17.6 Å². The smallest absolute Gasteiger partial charge is 0.416 e. The highest BCUT2D eigenvalue weighted by atomic mass is 35.5. The normalized spacial score (nSPS) is 17.4. The number of ether oxygens (including phenoxy) is 1. The van der Waals surface area contributed by atoms with Crippen LogP contribution in [0, 0.1) is 11.7 Å². The minimum Gasteiger partial charge on any atom is -0.493 e. The fourth-order valence-corrected chi connectivity index (χ4v) is 5.52. The molecule has 4 rings (SSSR count). The van der Waals surface area contributed by atoms with Gasteiger partial charge in [-0.3, -0.25) is 9.52 Å². The summed E-state index contributed by atoms with van der Waals surface area (Å²) in [6.45, 7) is 1.90. The molecule has 2 aromatic rings. The molecule has 1 aliphatic carbocycles. The zero-order valence-corrected chi connectivity index (χ0v) is 21.4. The number of hydrogen-bond acceptors (Lipinski definition) is 5. The standard InChI is InChI=1S/C24H25ClF4N2O2S2/c1-34-30-23(32)18-11-17(15-2-3-15)21(12-20(18)26)33-13-14-6-8-31(9-7-14)35-22-5-4-16(10-19(22)25)24(27,28)29/h4-5,10-12,14-15H,2-3,6-9,13H2,1H3,(H,30,32). The Morgan fingerprint density at radius 3 is 2.49 bits per heavy atom. The van der Waals surface area contributed by atoms with E-state index in [1.807, 2.05) is 0 Å². The summed E-state index contributed by atoms with van der Waals surface area (Å²) in [7, 11) is 0. The monoisotopic (exact) mass is 548 g/mol. The number of rotatable bonds is 8. The van der Waals surface area contributed by atoms with Crippen molar-refractivity contribution >= 4 is 41.4 Å². The van der Waals surface area contributed by atoms with Gasteiger partial charge >= 0.3 is 6.18 Å². The third kappa shape index (κ3) is 6.78. The van der Waals surface area contributed by atoms with Crippen LogP contribution in [-0.4, -0.2) is 36.2 Å². The molecular weight excluding hydrogens is 524 g/mol. The van der Waals surface area contributed by atoms with Crippen molar-refractivity contribution in [3.05, 3.63) is 57.9 Å². The maximum atomic E-state index is 14.6. The molecule has 0 atom stereocenters. The van der Waals surface area contributed by atoms with Crippen molar-refractivity contribution < 1.29 is 27.1 Å². The maximum absolute atomic E-state index is 14.6. The molecule has 1 saturated carbocycles. The van der Waals surface area contributed by atoms with Gasteiger partial charge in [0.15, 0.2) is 0 Å². The van der Waals surface area contributed by atoms with Crippen molar-refractivity contribution in [2.75, 3.05) is 26.0 Å². The first-order valence-electron chi connectivity index (χ1n) is 11.2. The molecule has 0 bridgehead atoms. The zero-order chi connectivity index (χ0) is 25.2. The molecule has 0 unspecified atom stereocenters. The van der Waals surface area contributed by atoms with E-state index in [1.54, 1.807) is 12.3 Å². The van der Waals surface area contributed by atoms with Crippen LogP contribution in [0.1, 0.15) is 53.1 Å². The van der Waals surface area contributed by atoms with Gasteiger partial charge in [-0.2, -0.15) is 13.2 Å². The summed E-state index contributed by atoms with van der Waals surface area (Å²) in [5.41, 5.74) is 0.145. The van der Waals surface area contributed by atoms with E-state index in [9.17, 15) is 22.4 Å². The average Bonchev–Trinajstić information content (AvgIpc) is 3.65. The highest BCUT2D eigenvalue weighted by Crippen LogP contribution is 2.45. The number of piperidine rings is 1. The predicted molar refractivity (Wildman–Crippen MR) is 131 cm³/mol. The van der Waals surface area contributed by atoms with Gasteiger partial charge in [0.1, 0.15) is 11.6 Å². The molecule has 2 fully saturated rings. The van der Waals surface area contributed by atoms with Crippen molar-refractivity contribution in [3.63, 3.8) is 0 Å². The Hall–Kier alpha value is -1.62. The highest BCUT2D eigenvalue weighted by Gasteiger charge is 2.32. The summed E-state index contributed by atoms with van der Waals surface area (Å²) in [6, 6.07) is 6.34. The van der Waals surface area contributed by atoms with Crippen molar-refractivity contribution in [3.8, 4) is 5.75 Å². The van der Waals surface area contributed by atoms with Gasteiger partial charge in [0.05, 0.1) is 22.8 Å². The first-order valence-corrected chi connectivity index (χ1v) is 13.6. The van der Waals surface area contributed by atoms with E-state index < -0.39 is 23.5 Å². The van der Waals surface area contributed by atoms with Crippen LogP contribution in [-0.2, 0) is 6.18 Å². The Morgan fingerprint density at radius 2 is 1.89 bits per heavy atom. The van der Waals surface area contributed by atoms with Gasteiger partial charge in [-0.25, -0.2) is 8.70 Å². The van der Waals surface area contributed by atoms with E-state index in [-0.39, 0.29) is 22.4 Å². The lowest BCUT2D eigenvalue weighted by Crippen LogP contribution is -2.31. The minimum absolute atomic E-state index is 0.0286. The number of alkyl halides is 3. The number of amides is 1. The Balaban J connectivity index is 1.32. The molecular formula is C24H25ClF4N2O2S2. The molecule has 1 saturated heterocycles. The lowest BCUT2D eigenvalue weighted by Gasteiger charge is -2.31. The molecule has 1 aliphatic heterocycles. The van der Waals surface area contributed by atoms with Crippen LogP contribution in [0.25, 0.3) is 0 Å². The van der Waals surface area contributed by atoms with E-state index in [0.717, 1.165) is 68.4 Å². The van der Waals surface area contributed by atoms with Gasteiger partial charge < -0.3 is 4.74 Å². The molecule has 190 valence electrons. The van der Waals surface area contributed by atoms with Crippen LogP contribution in [0.2, 0.25) is 5.02 Å². The zero-order valence-electron chi connectivity index (χ0n) is 19.0. The predicted octanol–water partition coefficient (Wildman–Crippen LogP) is 7.18. The second-order valence-corrected chi connectivity index (χ2v) is 10.9. The van der Waals surface area contributed by atoms with Crippen LogP contribution in [0.3, 0.4) is 0 Å². The quantitative estimate of drug-likeness (QED) is 0.279. The van der Waals surface area contributed by atoms with Gasteiger partial charge in [-0.15, -0.1) is 0 Å². The highest BCUT2D eigenvalue weighted by molar-refractivity contribution is 7.97. The lowest BCUT2D eigenvalue weighted by molar-refractivity contribution is -0.137. The first-order chi connectivity index (χ1) is 16.7. The summed E-state index contributed by atoms with van der Waals surface area (Å²) < 4.78 is 63.8. The summed E-state index contributed by atoms with van der Waals surface area (Å²) in [4.78, 5) is 12.7. The molecule has 2 aliphatic rings. The molecule has 4 nitrogen and oxygen atoms in total. The van der Waals surface area contributed by atoms with Crippen LogP contribution in [0.5, 0.6) is 5.75 Å². The molecule has 35 heavy (non-hydrogen) atoms. The Bertz CT molecular complexity index is 1070. The third-order valence-corrected chi connectivity index (χ3v) is 8.08. The van der Waals surface area contributed by atoms with Gasteiger partial charge in [-0.1, -0.05) is 23.5 Å². The number of carbonyl (C=O) groups excluding carboxylic acids is 1. The minimum atomic E-state index is -4.42. The second-order valence-electron chi connectivity index (χ2n) is 8.70. The molecule has 0 aromatic heterocycles. The molecule has 1 amide bonds. The van der Waals surface area contributed by atoms with Crippen LogP contribution >= 0.6 is 35.5 Å². The number of carbonyl (C=O) groups is 1. The number of halogens is 5. The van der Waals surface area contributed by atoms with E-state index in [0.29, 0.717) is 17.3 Å². The number of nitrogens with one attached hydrogen (secondary N) is 1. The SMILES string of the molecule is CSNC(=O)c1cc(C2CC2)c(OCC2CCN(Sc3ccc(C(F)(F)F)cc3Cl)CC2)cc1F. The summed E-state index contributed by atoms with van der Waals surface area (Å²) in [6.07, 6.45) is 0.939. The molecule has 0 spiro atoms. The number of nitrogens with zero attached hydrogens (tertiary/aromatic N) is 1. The van der Waals surface area contributed by atoms with Crippen molar-refractivity contribution in [1.29, 1.82) is 0 Å². The topological polar surface area (TPSA) is 41.6 Å². The molecule has 1 heterocycles. The summed E-state index contributed by atoms with van der Waals surface area (Å²) >= 11 is 8.56. The van der Waals surface area contributed by atoms with E-state index in [2.05, 4.69) is 9.03 Å². The van der Waals surface area contributed by atoms with Gasteiger partial charge in [0.25, 0.3) is 5.91 Å². The largest absolute Gasteiger partial charge is 0.493 e. The first kappa shape index (κ1) is 26.4. The fraction of sp³-hybridized carbons (Fsp3) is 0.458. The maximum Gasteiger partial charge on any atom is 0.416 e. The van der Waals surface area contributed by atoms with Gasteiger partial charge in [-0.05, 0) is 79.3 Å². The number of benzene rings is 2. The van der Waals surface area contributed by atoms with Crippen LogP contribution in [0.15, 0.2) is 35.2 Å². The van der Waals surface area contributed by atoms with Gasteiger partial charge in [0, 0.05) is 30.3 Å². The molecule has 1 N–H and O–H groups in total. The molecule has 0 radical (unpaired) electrons. The third-order valence-electron chi connectivity index (χ3n) is 6.09. The van der Waals surface area contributed by atoms with E-state index in [4.69, 9.17) is 16.3 Å². The van der Waals surface area contributed by atoms with Crippen molar-refractivity contribution in [2.45, 2.75) is 42.7 Å². The second kappa shape index (κ2) is 11.2. The van der Waals surface area contributed by atoms with Crippen LogP contribution < -0.4 is 9.46 Å². The van der Waals surface area contributed by atoms with E-state index >= 15 is 0 Å². The Morgan fingerprint density at radius 1 is 1.17 bits per heavy atom. The Kier molecular flexibility index (Phi) is 8.45. The van der Waals surface area contributed by atoms with Gasteiger partial charge in [0.2, 0.25) is 0 Å². The fourth-order valence-electron chi connectivity index (χ4n) is 4.00. The lowest BCUT2D eigenvalue weighted by atomic mass is 9.99.